The van der Waals surface area contributed by atoms with Crippen LogP contribution in [0.15, 0.2) is 66.0 Å². The van der Waals surface area contributed by atoms with E-state index < -0.39 is 0 Å². The van der Waals surface area contributed by atoms with Gasteiger partial charge in [-0.05, 0) is 59.8 Å². The zero-order valence-corrected chi connectivity index (χ0v) is 16.6. The SMILES string of the molecule is COC(=O)c1ccc(CCC(=O)Nc2ccc(NC(=O)c3cccs3)cc2)cc1. The molecule has 2 amide bonds. The van der Waals surface area contributed by atoms with Gasteiger partial charge in [0.05, 0.1) is 17.6 Å². The topological polar surface area (TPSA) is 84.5 Å². The van der Waals surface area contributed by atoms with Crippen LogP contribution in [0.5, 0.6) is 0 Å². The minimum absolute atomic E-state index is 0.114. The molecule has 148 valence electrons. The average molecular weight is 408 g/mol. The van der Waals surface area contributed by atoms with E-state index in [4.69, 9.17) is 0 Å². The van der Waals surface area contributed by atoms with Gasteiger partial charge in [0.1, 0.15) is 0 Å². The van der Waals surface area contributed by atoms with E-state index in [1.54, 1.807) is 42.5 Å². The van der Waals surface area contributed by atoms with Crippen LogP contribution in [0, 0.1) is 0 Å². The van der Waals surface area contributed by atoms with Crippen molar-refractivity contribution in [2.45, 2.75) is 12.8 Å². The van der Waals surface area contributed by atoms with Crippen molar-refractivity contribution in [3.8, 4) is 0 Å². The fraction of sp³-hybridized carbons (Fsp3) is 0.136. The predicted molar refractivity (Wildman–Crippen MR) is 113 cm³/mol. The van der Waals surface area contributed by atoms with Crippen LogP contribution in [0.4, 0.5) is 11.4 Å². The number of methoxy groups -OCH3 is 1. The maximum atomic E-state index is 12.2. The lowest BCUT2D eigenvalue weighted by Crippen LogP contribution is -2.13. The molecule has 0 bridgehead atoms. The molecule has 0 aliphatic rings. The second kappa shape index (κ2) is 9.66. The first-order chi connectivity index (χ1) is 14.0. The summed E-state index contributed by atoms with van der Waals surface area (Å²) in [6, 6.07) is 17.5. The van der Waals surface area contributed by atoms with Crippen molar-refractivity contribution >= 4 is 40.5 Å². The first-order valence-corrected chi connectivity index (χ1v) is 9.85. The second-order valence-electron chi connectivity index (χ2n) is 6.25. The molecule has 0 radical (unpaired) electrons. The average Bonchev–Trinajstić information content (AvgIpc) is 3.28. The fourth-order valence-corrected chi connectivity index (χ4v) is 3.26. The van der Waals surface area contributed by atoms with Crippen LogP contribution in [0.25, 0.3) is 0 Å². The lowest BCUT2D eigenvalue weighted by atomic mass is 10.1. The number of rotatable bonds is 7. The van der Waals surface area contributed by atoms with Gasteiger partial charge in [-0.25, -0.2) is 4.79 Å². The highest BCUT2D eigenvalue weighted by atomic mass is 32.1. The number of hydrogen-bond donors (Lipinski definition) is 2. The van der Waals surface area contributed by atoms with Crippen molar-refractivity contribution in [1.82, 2.24) is 0 Å². The highest BCUT2D eigenvalue weighted by Gasteiger charge is 2.08. The Labute approximate surface area is 172 Å². The summed E-state index contributed by atoms with van der Waals surface area (Å²) in [5, 5.41) is 7.50. The minimum atomic E-state index is -0.385. The molecule has 3 aromatic rings. The molecule has 0 atom stereocenters. The number of hydrogen-bond acceptors (Lipinski definition) is 5. The van der Waals surface area contributed by atoms with E-state index in [2.05, 4.69) is 15.4 Å². The molecule has 6 nitrogen and oxygen atoms in total. The Hall–Kier alpha value is -3.45. The van der Waals surface area contributed by atoms with Crippen LogP contribution in [0.1, 0.15) is 32.0 Å². The minimum Gasteiger partial charge on any atom is -0.465 e. The van der Waals surface area contributed by atoms with Crippen LogP contribution >= 0.6 is 11.3 Å². The van der Waals surface area contributed by atoms with Crippen LogP contribution in [-0.4, -0.2) is 24.9 Å². The first kappa shape index (κ1) is 20.3. The number of amides is 2. The van der Waals surface area contributed by atoms with Crippen molar-refractivity contribution in [3.05, 3.63) is 82.0 Å². The van der Waals surface area contributed by atoms with Gasteiger partial charge in [-0.15, -0.1) is 11.3 Å². The largest absolute Gasteiger partial charge is 0.465 e. The Morgan fingerprint density at radius 3 is 2.14 bits per heavy atom. The number of ether oxygens (including phenoxy) is 1. The molecule has 0 saturated heterocycles. The molecule has 2 N–H and O–H groups in total. The van der Waals surface area contributed by atoms with E-state index >= 15 is 0 Å². The van der Waals surface area contributed by atoms with E-state index in [0.717, 1.165) is 5.56 Å². The number of aryl methyl sites for hydroxylation is 1. The summed E-state index contributed by atoms with van der Waals surface area (Å²) in [4.78, 5) is 36.3. The van der Waals surface area contributed by atoms with Crippen LogP contribution < -0.4 is 10.6 Å². The van der Waals surface area contributed by atoms with Gasteiger partial charge in [0.15, 0.2) is 0 Å². The Morgan fingerprint density at radius 1 is 0.897 bits per heavy atom. The molecule has 0 spiro atoms. The molecule has 3 rings (SSSR count). The number of anilines is 2. The molecule has 1 aromatic heterocycles. The number of nitrogens with one attached hydrogen (secondary N) is 2. The summed E-state index contributed by atoms with van der Waals surface area (Å²) in [6.07, 6.45) is 0.872. The molecular weight excluding hydrogens is 388 g/mol. The number of thiophene rings is 1. The molecule has 0 unspecified atom stereocenters. The van der Waals surface area contributed by atoms with Gasteiger partial charge in [0.25, 0.3) is 5.91 Å². The molecule has 2 aromatic carbocycles. The van der Waals surface area contributed by atoms with Crippen molar-refractivity contribution in [2.75, 3.05) is 17.7 Å². The fourth-order valence-electron chi connectivity index (χ4n) is 2.64. The molecule has 29 heavy (non-hydrogen) atoms. The molecule has 1 heterocycles. The first-order valence-electron chi connectivity index (χ1n) is 8.97. The summed E-state index contributed by atoms with van der Waals surface area (Å²) in [6.45, 7) is 0. The van der Waals surface area contributed by atoms with Gasteiger partial charge in [0.2, 0.25) is 5.91 Å². The zero-order valence-electron chi connectivity index (χ0n) is 15.8. The zero-order chi connectivity index (χ0) is 20.6. The summed E-state index contributed by atoms with van der Waals surface area (Å²) in [5.41, 5.74) is 2.75. The number of esters is 1. The third kappa shape index (κ3) is 5.76. The van der Waals surface area contributed by atoms with Crippen LogP contribution in [0.3, 0.4) is 0 Å². The van der Waals surface area contributed by atoms with Gasteiger partial charge in [0, 0.05) is 17.8 Å². The van der Waals surface area contributed by atoms with Crippen LogP contribution in [0.2, 0.25) is 0 Å². The molecule has 0 saturated carbocycles. The Morgan fingerprint density at radius 2 is 1.55 bits per heavy atom. The highest BCUT2D eigenvalue weighted by Crippen LogP contribution is 2.17. The van der Waals surface area contributed by atoms with E-state index in [1.807, 2.05) is 23.6 Å². The monoisotopic (exact) mass is 408 g/mol. The van der Waals surface area contributed by atoms with E-state index in [0.29, 0.717) is 34.7 Å². The Bertz CT molecular complexity index is 981. The van der Waals surface area contributed by atoms with Gasteiger partial charge in [-0.2, -0.15) is 0 Å². The summed E-state index contributed by atoms with van der Waals surface area (Å²) in [5.74, 6) is -0.656. The highest BCUT2D eigenvalue weighted by molar-refractivity contribution is 7.12. The van der Waals surface area contributed by atoms with Gasteiger partial charge < -0.3 is 15.4 Å². The smallest absolute Gasteiger partial charge is 0.337 e. The quantitative estimate of drug-likeness (QED) is 0.569. The van der Waals surface area contributed by atoms with Gasteiger partial charge in [-0.1, -0.05) is 18.2 Å². The Kier molecular flexibility index (Phi) is 6.76. The van der Waals surface area contributed by atoms with Crippen molar-refractivity contribution < 1.29 is 19.1 Å². The van der Waals surface area contributed by atoms with Crippen molar-refractivity contribution in [1.29, 1.82) is 0 Å². The summed E-state index contributed by atoms with van der Waals surface area (Å²) >= 11 is 1.38. The number of carbonyl (C=O) groups is 3. The second-order valence-corrected chi connectivity index (χ2v) is 7.19. The van der Waals surface area contributed by atoms with Gasteiger partial charge >= 0.3 is 5.97 Å². The normalized spacial score (nSPS) is 10.2. The molecule has 0 fully saturated rings. The standard InChI is InChI=1S/C22H20N2O4S/c1-28-22(27)16-7-4-15(5-8-16)6-13-20(25)23-17-9-11-18(12-10-17)24-21(26)19-3-2-14-29-19/h2-5,7-12,14H,6,13H2,1H3,(H,23,25)(H,24,26). The lowest BCUT2D eigenvalue weighted by Gasteiger charge is -2.08. The van der Waals surface area contributed by atoms with Crippen LogP contribution in [-0.2, 0) is 16.0 Å². The number of carbonyl (C=O) groups excluding carboxylic acids is 3. The number of benzene rings is 2. The third-order valence-electron chi connectivity index (χ3n) is 4.19. The van der Waals surface area contributed by atoms with Gasteiger partial charge in [-0.3, -0.25) is 9.59 Å². The lowest BCUT2D eigenvalue weighted by molar-refractivity contribution is -0.116. The maximum absolute atomic E-state index is 12.2. The van der Waals surface area contributed by atoms with Crippen molar-refractivity contribution in [3.63, 3.8) is 0 Å². The maximum Gasteiger partial charge on any atom is 0.337 e. The van der Waals surface area contributed by atoms with E-state index in [1.165, 1.54) is 18.4 Å². The molecule has 0 aliphatic heterocycles. The van der Waals surface area contributed by atoms with E-state index in [-0.39, 0.29) is 17.8 Å². The Balaban J connectivity index is 1.48. The molecule has 7 heteroatoms. The van der Waals surface area contributed by atoms with Crippen molar-refractivity contribution in [2.24, 2.45) is 0 Å². The summed E-state index contributed by atoms with van der Waals surface area (Å²) in [7, 11) is 1.34. The van der Waals surface area contributed by atoms with E-state index in [9.17, 15) is 14.4 Å². The predicted octanol–water partition coefficient (Wildman–Crippen LogP) is 4.36. The third-order valence-corrected chi connectivity index (χ3v) is 5.06. The molecule has 0 aliphatic carbocycles. The molecular formula is C22H20N2O4S. The summed E-state index contributed by atoms with van der Waals surface area (Å²) < 4.78 is 4.66.